The van der Waals surface area contributed by atoms with Gasteiger partial charge in [-0.05, 0) is 25.5 Å². The number of hydrogen-bond donors (Lipinski definition) is 0. The van der Waals surface area contributed by atoms with Crippen LogP contribution in [0.15, 0.2) is 35.5 Å². The fraction of sp³-hybridized carbons (Fsp3) is 0.542. The number of carbonyl (C=O) groups excluding carboxylic acids is 2. The highest BCUT2D eigenvalue weighted by molar-refractivity contribution is 7.89. The van der Waals surface area contributed by atoms with Crippen LogP contribution in [0, 0.1) is 0 Å². The Morgan fingerprint density at radius 2 is 1.72 bits per heavy atom. The zero-order chi connectivity index (χ0) is 25.7. The molecule has 36 heavy (non-hydrogen) atoms. The van der Waals surface area contributed by atoms with Gasteiger partial charge in [-0.2, -0.15) is 9.40 Å². The van der Waals surface area contributed by atoms with Crippen molar-refractivity contribution in [2.24, 2.45) is 0 Å². The van der Waals surface area contributed by atoms with Crippen molar-refractivity contribution in [2.45, 2.75) is 31.8 Å². The number of sulfonamides is 1. The maximum absolute atomic E-state index is 13.7. The lowest BCUT2D eigenvalue weighted by molar-refractivity contribution is -0.119. The molecule has 3 heterocycles. The third kappa shape index (κ3) is 5.34. The Morgan fingerprint density at radius 1 is 1.03 bits per heavy atom. The number of benzene rings is 1. The molecule has 2 aliphatic rings. The van der Waals surface area contributed by atoms with Crippen LogP contribution >= 0.6 is 0 Å². The lowest BCUT2D eigenvalue weighted by Crippen LogP contribution is -2.50. The van der Waals surface area contributed by atoms with Gasteiger partial charge in [-0.1, -0.05) is 19.1 Å². The zero-order valence-corrected chi connectivity index (χ0v) is 21.7. The largest absolute Gasteiger partial charge is 0.492 e. The maximum atomic E-state index is 13.7. The molecule has 0 aliphatic carbocycles. The van der Waals surface area contributed by atoms with Gasteiger partial charge in [0.15, 0.2) is 0 Å². The van der Waals surface area contributed by atoms with E-state index in [0.29, 0.717) is 52.4 Å². The van der Waals surface area contributed by atoms with Crippen molar-refractivity contribution >= 4 is 28.0 Å². The summed E-state index contributed by atoms with van der Waals surface area (Å²) >= 11 is 0. The van der Waals surface area contributed by atoms with Crippen molar-refractivity contribution in [3.63, 3.8) is 0 Å². The van der Waals surface area contributed by atoms with Crippen LogP contribution in [0.5, 0.6) is 5.75 Å². The second-order valence-corrected chi connectivity index (χ2v) is 10.7. The number of amides is 2. The Hall–Kier alpha value is -3.12. The number of para-hydroxylation sites is 2. The Labute approximate surface area is 212 Å². The lowest BCUT2D eigenvalue weighted by atomic mass is 10.2. The van der Waals surface area contributed by atoms with Gasteiger partial charge in [-0.25, -0.2) is 8.42 Å². The summed E-state index contributed by atoms with van der Waals surface area (Å²) in [5.41, 5.74) is 1.03. The Bertz CT molecular complexity index is 1170. The number of nitrogens with zero attached hydrogens (tertiary/aromatic N) is 6. The van der Waals surface area contributed by atoms with Gasteiger partial charge in [-0.3, -0.25) is 14.3 Å². The zero-order valence-electron chi connectivity index (χ0n) is 20.9. The smallest absolute Gasteiger partial charge is 0.263 e. The summed E-state index contributed by atoms with van der Waals surface area (Å²) in [6.45, 7) is 8.05. The Balaban J connectivity index is 1.53. The van der Waals surface area contributed by atoms with Crippen molar-refractivity contribution in [2.75, 3.05) is 63.9 Å². The van der Waals surface area contributed by atoms with Gasteiger partial charge in [0, 0.05) is 65.1 Å². The van der Waals surface area contributed by atoms with Gasteiger partial charge in [0.05, 0.1) is 17.9 Å². The van der Waals surface area contributed by atoms with Crippen LogP contribution in [0.3, 0.4) is 0 Å². The molecule has 12 heteroatoms. The van der Waals surface area contributed by atoms with E-state index < -0.39 is 10.0 Å². The molecular weight excluding hydrogens is 484 g/mol. The van der Waals surface area contributed by atoms with Gasteiger partial charge in [0.1, 0.15) is 5.75 Å². The van der Waals surface area contributed by atoms with Gasteiger partial charge in [0.2, 0.25) is 11.4 Å². The number of piperazine rings is 2. The number of rotatable bonds is 9. The monoisotopic (exact) mass is 518 g/mol. The van der Waals surface area contributed by atoms with E-state index in [2.05, 4.69) is 10.00 Å². The fourth-order valence-electron chi connectivity index (χ4n) is 4.57. The first kappa shape index (κ1) is 26.0. The normalized spacial score (nSPS) is 17.3. The number of carbonyl (C=O) groups is 2. The van der Waals surface area contributed by atoms with Gasteiger partial charge >= 0.3 is 0 Å². The number of aromatic nitrogens is 2. The first-order valence-corrected chi connectivity index (χ1v) is 13.9. The second-order valence-electron chi connectivity index (χ2n) is 8.84. The fourth-order valence-corrected chi connectivity index (χ4v) is 6.09. The molecule has 1 aromatic heterocycles. The minimum Gasteiger partial charge on any atom is -0.492 e. The molecule has 0 N–H and O–H groups in total. The summed E-state index contributed by atoms with van der Waals surface area (Å²) in [5.74, 6) is 0.405. The average molecular weight is 519 g/mol. The summed E-state index contributed by atoms with van der Waals surface area (Å²) in [6.07, 6.45) is 3.06. The van der Waals surface area contributed by atoms with Gasteiger partial charge in [-0.15, -0.1) is 0 Å². The second kappa shape index (κ2) is 11.3. The minimum atomic E-state index is -3.99. The first-order valence-electron chi connectivity index (χ1n) is 12.4. The van der Waals surface area contributed by atoms with E-state index in [4.69, 9.17) is 4.74 Å². The summed E-state index contributed by atoms with van der Waals surface area (Å²) in [4.78, 5) is 29.7. The Morgan fingerprint density at radius 3 is 2.36 bits per heavy atom. The van der Waals surface area contributed by atoms with E-state index >= 15 is 0 Å². The van der Waals surface area contributed by atoms with E-state index in [1.54, 1.807) is 16.0 Å². The molecule has 196 valence electrons. The average Bonchev–Trinajstić information content (AvgIpc) is 3.34. The number of aryl methyl sites for hydroxylation is 1. The molecule has 2 saturated heterocycles. The van der Waals surface area contributed by atoms with Crippen molar-refractivity contribution in [3.05, 3.63) is 36.0 Å². The van der Waals surface area contributed by atoms with Crippen LogP contribution in [0.25, 0.3) is 0 Å². The minimum absolute atomic E-state index is 0.0899. The van der Waals surface area contributed by atoms with Crippen molar-refractivity contribution in [1.82, 2.24) is 23.9 Å². The molecule has 11 nitrogen and oxygen atoms in total. The molecule has 2 fully saturated rings. The first-order chi connectivity index (χ1) is 17.4. The molecule has 0 atom stereocenters. The number of anilines is 1. The van der Waals surface area contributed by atoms with E-state index in [-0.39, 0.29) is 29.6 Å². The molecule has 0 saturated carbocycles. The van der Waals surface area contributed by atoms with Crippen molar-refractivity contribution < 1.29 is 22.7 Å². The lowest BCUT2D eigenvalue weighted by Gasteiger charge is -2.36. The highest BCUT2D eigenvalue weighted by atomic mass is 32.2. The van der Waals surface area contributed by atoms with Crippen LogP contribution in [0.4, 0.5) is 5.69 Å². The van der Waals surface area contributed by atoms with E-state index in [0.717, 1.165) is 24.3 Å². The summed E-state index contributed by atoms with van der Waals surface area (Å²) in [6, 6.07) is 7.74. The standard InChI is InChI=1S/C24H34N6O5S/c1-3-9-29-18-20(24(32)28-12-10-26(19-31)11-13-28)23(25-29)36(33,34)30-16-14-27(15-17-30)21-7-5-6-8-22(21)35-4-2/h5-8,18-19H,3-4,9-17H2,1-2H3. The van der Waals surface area contributed by atoms with Crippen molar-refractivity contribution in [1.29, 1.82) is 0 Å². The molecule has 0 radical (unpaired) electrons. The van der Waals surface area contributed by atoms with E-state index in [1.807, 2.05) is 38.1 Å². The van der Waals surface area contributed by atoms with Crippen LogP contribution < -0.4 is 9.64 Å². The van der Waals surface area contributed by atoms with E-state index in [9.17, 15) is 18.0 Å². The summed E-state index contributed by atoms with van der Waals surface area (Å²) in [5, 5.41) is 4.16. The van der Waals surface area contributed by atoms with Crippen LogP contribution in [0.1, 0.15) is 30.6 Å². The molecule has 2 aliphatic heterocycles. The third-order valence-electron chi connectivity index (χ3n) is 6.49. The summed E-state index contributed by atoms with van der Waals surface area (Å²) in [7, 11) is -3.99. The molecule has 0 bridgehead atoms. The van der Waals surface area contributed by atoms with Crippen molar-refractivity contribution in [3.8, 4) is 5.75 Å². The highest BCUT2D eigenvalue weighted by Gasteiger charge is 2.36. The van der Waals surface area contributed by atoms with Crippen LogP contribution in [-0.4, -0.2) is 104 Å². The third-order valence-corrected chi connectivity index (χ3v) is 8.33. The highest BCUT2D eigenvalue weighted by Crippen LogP contribution is 2.30. The molecule has 0 spiro atoms. The molecule has 2 amide bonds. The summed E-state index contributed by atoms with van der Waals surface area (Å²) < 4.78 is 36.1. The Kier molecular flexibility index (Phi) is 8.14. The topological polar surface area (TPSA) is 108 Å². The molecule has 2 aromatic rings. The number of ether oxygens (including phenoxy) is 1. The predicted octanol–water partition coefficient (Wildman–Crippen LogP) is 1.12. The molecule has 1 aromatic carbocycles. The van der Waals surface area contributed by atoms with Gasteiger partial charge in [0.25, 0.3) is 15.9 Å². The van der Waals surface area contributed by atoms with Gasteiger partial charge < -0.3 is 19.4 Å². The molecule has 0 unspecified atom stereocenters. The quantitative estimate of drug-likeness (QED) is 0.458. The van der Waals surface area contributed by atoms with Crippen LogP contribution in [0.2, 0.25) is 0 Å². The van der Waals surface area contributed by atoms with Crippen LogP contribution in [-0.2, 0) is 21.4 Å². The molecule has 4 rings (SSSR count). The number of hydrogen-bond acceptors (Lipinski definition) is 7. The predicted molar refractivity (Wildman–Crippen MR) is 135 cm³/mol. The SMILES string of the molecule is CCCn1cc(C(=O)N2CCN(C=O)CC2)c(S(=O)(=O)N2CCN(c3ccccc3OCC)CC2)n1. The van der Waals surface area contributed by atoms with E-state index in [1.165, 1.54) is 8.99 Å². The maximum Gasteiger partial charge on any atom is 0.263 e. The molecular formula is C24H34N6O5S.